The van der Waals surface area contributed by atoms with E-state index in [-0.39, 0.29) is 4.90 Å². The van der Waals surface area contributed by atoms with Gasteiger partial charge in [0, 0.05) is 12.6 Å². The third kappa shape index (κ3) is 5.73. The number of hydrogen-bond acceptors (Lipinski definition) is 3. The highest BCUT2D eigenvalue weighted by Crippen LogP contribution is 2.10. The van der Waals surface area contributed by atoms with Gasteiger partial charge < -0.3 is 10.6 Å². The normalized spacial score (nSPS) is 12.5. The molecule has 0 atom stereocenters. The van der Waals surface area contributed by atoms with Crippen LogP contribution in [0.2, 0.25) is 0 Å². The van der Waals surface area contributed by atoms with Crippen molar-refractivity contribution in [3.05, 3.63) is 29.8 Å². The number of hydrogen-bond donors (Lipinski definition) is 3. The third-order valence-electron chi connectivity index (χ3n) is 2.69. The van der Waals surface area contributed by atoms with E-state index in [0.29, 0.717) is 12.6 Å². The van der Waals surface area contributed by atoms with Crippen molar-refractivity contribution in [3.63, 3.8) is 0 Å². The minimum absolute atomic E-state index is 0.255. The van der Waals surface area contributed by atoms with Crippen molar-refractivity contribution in [1.29, 1.82) is 0 Å². The summed E-state index contributed by atoms with van der Waals surface area (Å²) in [5.41, 5.74) is 0.950. The molecule has 0 bridgehead atoms. The molecule has 0 unspecified atom stereocenters. The number of guanidine groups is 1. The smallest absolute Gasteiger partial charge is 0.240 e. The van der Waals surface area contributed by atoms with E-state index in [4.69, 9.17) is 0 Å². The topological polar surface area (TPSA) is 82.6 Å². The summed E-state index contributed by atoms with van der Waals surface area (Å²) in [4.78, 5) is 4.72. The molecule has 21 heavy (non-hydrogen) atoms. The van der Waals surface area contributed by atoms with Gasteiger partial charge in [0.1, 0.15) is 0 Å². The maximum Gasteiger partial charge on any atom is 0.240 e. The van der Waals surface area contributed by atoms with Crippen LogP contribution in [-0.2, 0) is 16.6 Å². The Morgan fingerprint density at radius 1 is 1.24 bits per heavy atom. The van der Waals surface area contributed by atoms with Gasteiger partial charge in [-0.1, -0.05) is 12.1 Å². The van der Waals surface area contributed by atoms with Gasteiger partial charge in [-0.25, -0.2) is 18.1 Å². The van der Waals surface area contributed by atoms with E-state index >= 15 is 0 Å². The van der Waals surface area contributed by atoms with Gasteiger partial charge in [-0.15, -0.1) is 0 Å². The summed E-state index contributed by atoms with van der Waals surface area (Å²) in [5, 5.41) is 6.39. The molecule has 0 aliphatic carbocycles. The molecule has 0 saturated carbocycles. The molecule has 0 aliphatic rings. The Labute approximate surface area is 127 Å². The number of aliphatic imine (C=N–C) groups is 1. The third-order valence-corrected chi connectivity index (χ3v) is 4.12. The Kier molecular flexibility index (Phi) is 6.64. The quantitative estimate of drug-likeness (QED) is 0.542. The van der Waals surface area contributed by atoms with Gasteiger partial charge in [-0.05, 0) is 45.5 Å². The molecule has 0 spiro atoms. The van der Waals surface area contributed by atoms with Crippen molar-refractivity contribution < 1.29 is 8.42 Å². The predicted molar refractivity (Wildman–Crippen MR) is 85.8 cm³/mol. The number of sulfonamides is 1. The summed E-state index contributed by atoms with van der Waals surface area (Å²) in [6, 6.07) is 7.00. The van der Waals surface area contributed by atoms with Crippen LogP contribution in [0, 0.1) is 0 Å². The van der Waals surface area contributed by atoms with Gasteiger partial charge in [0.05, 0.1) is 11.4 Å². The largest absolute Gasteiger partial charge is 0.357 e. The van der Waals surface area contributed by atoms with Crippen molar-refractivity contribution in [2.75, 3.05) is 13.6 Å². The van der Waals surface area contributed by atoms with Crippen LogP contribution in [0.1, 0.15) is 26.3 Å². The van der Waals surface area contributed by atoms with Gasteiger partial charge in [-0.2, -0.15) is 0 Å². The lowest BCUT2D eigenvalue weighted by Gasteiger charge is -2.14. The number of benzene rings is 1. The molecule has 0 heterocycles. The van der Waals surface area contributed by atoms with Crippen molar-refractivity contribution in [1.82, 2.24) is 15.4 Å². The van der Waals surface area contributed by atoms with Crippen molar-refractivity contribution in [3.8, 4) is 0 Å². The van der Waals surface area contributed by atoms with Crippen LogP contribution in [0.5, 0.6) is 0 Å². The second-order valence-electron chi connectivity index (χ2n) is 4.85. The first-order valence-electron chi connectivity index (χ1n) is 6.96. The van der Waals surface area contributed by atoms with Crippen molar-refractivity contribution in [2.24, 2.45) is 4.99 Å². The maximum atomic E-state index is 11.6. The van der Waals surface area contributed by atoms with E-state index in [0.717, 1.165) is 18.1 Å². The molecule has 0 aliphatic heterocycles. The summed E-state index contributed by atoms with van der Waals surface area (Å²) in [5.74, 6) is 0.749. The standard InChI is InChI=1S/C14H24N4O2S/c1-5-16-14(18-11(2)3)17-10-12-6-8-13(9-7-12)21(19,20)15-4/h6-9,11,15H,5,10H2,1-4H3,(H2,16,17,18). The van der Waals surface area contributed by atoms with E-state index in [1.54, 1.807) is 24.3 Å². The molecule has 118 valence electrons. The highest BCUT2D eigenvalue weighted by atomic mass is 32.2. The number of nitrogens with one attached hydrogen (secondary N) is 3. The van der Waals surface area contributed by atoms with Crippen LogP contribution >= 0.6 is 0 Å². The second kappa shape index (κ2) is 7.99. The summed E-state index contributed by atoms with van der Waals surface area (Å²) >= 11 is 0. The molecule has 0 fully saturated rings. The molecule has 3 N–H and O–H groups in total. The Balaban J connectivity index is 2.79. The van der Waals surface area contributed by atoms with Gasteiger partial charge in [0.2, 0.25) is 10.0 Å². The molecule has 6 nitrogen and oxygen atoms in total. The lowest BCUT2D eigenvalue weighted by Crippen LogP contribution is -2.40. The fraction of sp³-hybridized carbons (Fsp3) is 0.500. The van der Waals surface area contributed by atoms with E-state index in [1.165, 1.54) is 7.05 Å². The first-order chi connectivity index (χ1) is 9.89. The fourth-order valence-electron chi connectivity index (χ4n) is 1.66. The molecule has 1 aromatic carbocycles. The van der Waals surface area contributed by atoms with Crippen LogP contribution < -0.4 is 15.4 Å². The van der Waals surface area contributed by atoms with Crippen LogP contribution in [0.25, 0.3) is 0 Å². The maximum absolute atomic E-state index is 11.6. The summed E-state index contributed by atoms with van der Waals surface area (Å²) < 4.78 is 25.5. The van der Waals surface area contributed by atoms with Crippen LogP contribution in [0.3, 0.4) is 0 Å². The highest BCUT2D eigenvalue weighted by molar-refractivity contribution is 7.89. The zero-order valence-corrected chi connectivity index (χ0v) is 13.8. The molecule has 1 rings (SSSR count). The highest BCUT2D eigenvalue weighted by Gasteiger charge is 2.10. The molecule has 0 amide bonds. The molecular weight excluding hydrogens is 288 g/mol. The van der Waals surface area contributed by atoms with Crippen molar-refractivity contribution in [2.45, 2.75) is 38.3 Å². The van der Waals surface area contributed by atoms with Crippen LogP contribution in [0.4, 0.5) is 0 Å². The van der Waals surface area contributed by atoms with Crippen molar-refractivity contribution >= 4 is 16.0 Å². The predicted octanol–water partition coefficient (Wildman–Crippen LogP) is 1.06. The minimum Gasteiger partial charge on any atom is -0.357 e. The number of nitrogens with zero attached hydrogens (tertiary/aromatic N) is 1. The van der Waals surface area contributed by atoms with E-state index in [9.17, 15) is 8.42 Å². The van der Waals surface area contributed by atoms with Crippen LogP contribution in [0.15, 0.2) is 34.2 Å². The monoisotopic (exact) mass is 312 g/mol. The Bertz CT molecular complexity index is 565. The first-order valence-corrected chi connectivity index (χ1v) is 8.44. The average molecular weight is 312 g/mol. The molecule has 0 radical (unpaired) electrons. The SMILES string of the molecule is CCNC(=NCc1ccc(S(=O)(=O)NC)cc1)NC(C)C. The Hall–Kier alpha value is -1.60. The fourth-order valence-corrected chi connectivity index (χ4v) is 2.39. The summed E-state index contributed by atoms with van der Waals surface area (Å²) in [6.07, 6.45) is 0. The number of rotatable bonds is 6. The van der Waals surface area contributed by atoms with Crippen LogP contribution in [-0.4, -0.2) is 34.0 Å². The van der Waals surface area contributed by atoms with Gasteiger partial charge in [0.25, 0.3) is 0 Å². The van der Waals surface area contributed by atoms with E-state index < -0.39 is 10.0 Å². The summed E-state index contributed by atoms with van der Waals surface area (Å²) in [7, 11) is -1.98. The Morgan fingerprint density at radius 3 is 2.33 bits per heavy atom. The lowest BCUT2D eigenvalue weighted by molar-refractivity contribution is 0.588. The molecule has 1 aromatic rings. The van der Waals surface area contributed by atoms with E-state index in [2.05, 4.69) is 20.3 Å². The van der Waals surface area contributed by atoms with Gasteiger partial charge in [0.15, 0.2) is 5.96 Å². The Morgan fingerprint density at radius 2 is 1.86 bits per heavy atom. The average Bonchev–Trinajstić information content (AvgIpc) is 2.45. The molecular formula is C14H24N4O2S. The molecule has 0 aromatic heterocycles. The lowest BCUT2D eigenvalue weighted by atomic mass is 10.2. The first kappa shape index (κ1) is 17.5. The zero-order valence-electron chi connectivity index (χ0n) is 13.0. The molecule has 0 saturated heterocycles. The van der Waals surface area contributed by atoms with Gasteiger partial charge in [-0.3, -0.25) is 0 Å². The summed E-state index contributed by atoms with van der Waals surface area (Å²) in [6.45, 7) is 7.38. The molecule has 7 heteroatoms. The van der Waals surface area contributed by atoms with Gasteiger partial charge >= 0.3 is 0 Å². The minimum atomic E-state index is -3.38. The second-order valence-corrected chi connectivity index (χ2v) is 6.73. The van der Waals surface area contributed by atoms with E-state index in [1.807, 2.05) is 20.8 Å². The zero-order chi connectivity index (χ0) is 15.9.